The summed E-state index contributed by atoms with van der Waals surface area (Å²) in [6.07, 6.45) is 4.20. The fourth-order valence-corrected chi connectivity index (χ4v) is 5.98. The maximum Gasteiger partial charge on any atom is 0.264 e. The van der Waals surface area contributed by atoms with Gasteiger partial charge in [0.2, 0.25) is 5.91 Å². The minimum Gasteiger partial charge on any atom is -0.339 e. The van der Waals surface area contributed by atoms with E-state index in [0.717, 1.165) is 22.0 Å². The smallest absolute Gasteiger partial charge is 0.264 e. The second-order valence-corrected chi connectivity index (χ2v) is 11.6. The highest BCUT2D eigenvalue weighted by Gasteiger charge is 2.31. The molecule has 194 valence electrons. The monoisotopic (exact) mass is 557 g/mol. The molecule has 1 fully saturated rings. The predicted molar refractivity (Wildman–Crippen MR) is 151 cm³/mol. The second-order valence-electron chi connectivity index (χ2n) is 8.91. The fraction of sp³-hybridized carbons (Fsp3) is 0.250. The molecule has 4 rings (SSSR count). The Kier molecular flexibility index (Phi) is 8.92. The van der Waals surface area contributed by atoms with E-state index in [1.165, 1.54) is 24.3 Å². The molecule has 0 atom stereocenters. The Morgan fingerprint density at radius 1 is 0.946 bits per heavy atom. The first-order chi connectivity index (χ1) is 17.7. The lowest BCUT2D eigenvalue weighted by Crippen LogP contribution is -2.51. The van der Waals surface area contributed by atoms with Crippen molar-refractivity contribution >= 4 is 50.9 Å². The number of carbonyl (C=O) groups is 1. The highest BCUT2D eigenvalue weighted by molar-refractivity contribution is 7.92. The van der Waals surface area contributed by atoms with Gasteiger partial charge in [-0.25, -0.2) is 8.42 Å². The summed E-state index contributed by atoms with van der Waals surface area (Å²) in [6, 6.07) is 21.2. The summed E-state index contributed by atoms with van der Waals surface area (Å²) >= 11 is 12.6. The highest BCUT2D eigenvalue weighted by atomic mass is 35.5. The summed E-state index contributed by atoms with van der Waals surface area (Å²) in [6.45, 7) is 4.72. The first-order valence-corrected chi connectivity index (χ1v) is 14.2. The number of anilines is 1. The van der Waals surface area contributed by atoms with Crippen molar-refractivity contribution in [2.24, 2.45) is 0 Å². The lowest BCUT2D eigenvalue weighted by molar-refractivity contribution is -0.131. The van der Waals surface area contributed by atoms with Gasteiger partial charge >= 0.3 is 0 Å². The van der Waals surface area contributed by atoms with E-state index in [4.69, 9.17) is 23.2 Å². The van der Waals surface area contributed by atoms with E-state index in [0.29, 0.717) is 31.2 Å². The number of halogens is 2. The molecule has 1 aliphatic heterocycles. The molecule has 0 bridgehead atoms. The molecule has 1 amide bonds. The van der Waals surface area contributed by atoms with Crippen LogP contribution in [0.1, 0.15) is 11.1 Å². The molecule has 9 heteroatoms. The Balaban J connectivity index is 1.46. The molecule has 0 radical (unpaired) electrons. The quantitative estimate of drug-likeness (QED) is 0.374. The van der Waals surface area contributed by atoms with Crippen molar-refractivity contribution in [3.05, 3.63) is 100 Å². The Morgan fingerprint density at radius 2 is 1.62 bits per heavy atom. The summed E-state index contributed by atoms with van der Waals surface area (Å²) in [4.78, 5) is 17.4. The van der Waals surface area contributed by atoms with Crippen LogP contribution in [0.3, 0.4) is 0 Å². The van der Waals surface area contributed by atoms with Crippen LogP contribution in [0.25, 0.3) is 6.08 Å². The van der Waals surface area contributed by atoms with Crippen molar-refractivity contribution in [3.63, 3.8) is 0 Å². The average Bonchev–Trinajstić information content (AvgIpc) is 2.90. The summed E-state index contributed by atoms with van der Waals surface area (Å²) in [5.74, 6) is -0.286. The van der Waals surface area contributed by atoms with E-state index in [1.54, 1.807) is 23.1 Å². The van der Waals surface area contributed by atoms with Crippen molar-refractivity contribution < 1.29 is 13.2 Å². The zero-order chi connectivity index (χ0) is 26.4. The number of amides is 1. The second kappa shape index (κ2) is 12.1. The van der Waals surface area contributed by atoms with Gasteiger partial charge in [-0.1, -0.05) is 83.4 Å². The average molecular weight is 559 g/mol. The summed E-state index contributed by atoms with van der Waals surface area (Å²) < 4.78 is 28.4. The van der Waals surface area contributed by atoms with Crippen LogP contribution in [0.4, 0.5) is 5.69 Å². The van der Waals surface area contributed by atoms with Gasteiger partial charge in [-0.05, 0) is 42.8 Å². The van der Waals surface area contributed by atoms with E-state index in [1.807, 2.05) is 25.1 Å². The Labute approximate surface area is 228 Å². The number of hydrogen-bond donors (Lipinski definition) is 0. The van der Waals surface area contributed by atoms with Gasteiger partial charge in [-0.3, -0.25) is 14.0 Å². The SMILES string of the molecule is Cc1ccc(S(=O)(=O)N(CC(=O)N2CCN(C/C=C/c3ccccc3)CC2)c2cc(Cl)ccc2Cl)cc1. The number of rotatable bonds is 8. The number of benzene rings is 3. The third kappa shape index (κ3) is 6.93. The van der Waals surface area contributed by atoms with Gasteiger partial charge < -0.3 is 4.90 Å². The molecule has 0 saturated carbocycles. The molecule has 0 spiro atoms. The number of aryl methyl sites for hydroxylation is 1. The molecule has 0 aliphatic carbocycles. The molecule has 1 saturated heterocycles. The Bertz CT molecular complexity index is 1360. The molecule has 37 heavy (non-hydrogen) atoms. The van der Waals surface area contributed by atoms with Gasteiger partial charge in [0.05, 0.1) is 15.6 Å². The van der Waals surface area contributed by atoms with Gasteiger partial charge in [-0.15, -0.1) is 0 Å². The summed E-state index contributed by atoms with van der Waals surface area (Å²) in [5, 5.41) is 0.524. The zero-order valence-electron chi connectivity index (χ0n) is 20.6. The normalized spacial score (nSPS) is 14.7. The molecular weight excluding hydrogens is 529 g/mol. The van der Waals surface area contributed by atoms with Crippen molar-refractivity contribution in [2.45, 2.75) is 11.8 Å². The van der Waals surface area contributed by atoms with Crippen LogP contribution in [-0.2, 0) is 14.8 Å². The topological polar surface area (TPSA) is 60.9 Å². The molecule has 0 N–H and O–H groups in total. The van der Waals surface area contributed by atoms with Gasteiger partial charge in [0.1, 0.15) is 6.54 Å². The summed E-state index contributed by atoms with van der Waals surface area (Å²) in [7, 11) is -4.07. The van der Waals surface area contributed by atoms with Crippen LogP contribution in [0.5, 0.6) is 0 Å². The number of hydrogen-bond acceptors (Lipinski definition) is 4. The maximum atomic E-state index is 13.7. The van der Waals surface area contributed by atoms with E-state index in [2.05, 4.69) is 29.2 Å². The third-order valence-corrected chi connectivity index (χ3v) is 8.59. The maximum absolute atomic E-state index is 13.7. The first kappa shape index (κ1) is 27.2. The molecular formula is C28H29Cl2N3O3S. The number of sulfonamides is 1. The number of piperazine rings is 1. The van der Waals surface area contributed by atoms with Gasteiger partial charge in [0.15, 0.2) is 0 Å². The van der Waals surface area contributed by atoms with Gasteiger partial charge in [0.25, 0.3) is 10.0 Å². The van der Waals surface area contributed by atoms with Crippen molar-refractivity contribution in [1.29, 1.82) is 0 Å². The summed E-state index contributed by atoms with van der Waals surface area (Å²) in [5.41, 5.74) is 2.25. The van der Waals surface area contributed by atoms with Gasteiger partial charge in [0, 0.05) is 37.7 Å². The van der Waals surface area contributed by atoms with Gasteiger partial charge in [-0.2, -0.15) is 0 Å². The molecule has 1 heterocycles. The minimum atomic E-state index is -4.07. The molecule has 3 aromatic rings. The van der Waals surface area contributed by atoms with Crippen LogP contribution in [0.15, 0.2) is 83.8 Å². The molecule has 0 aromatic heterocycles. The van der Waals surface area contributed by atoms with Crippen molar-refractivity contribution in [2.75, 3.05) is 43.6 Å². The minimum absolute atomic E-state index is 0.0805. The van der Waals surface area contributed by atoms with Crippen molar-refractivity contribution in [1.82, 2.24) is 9.80 Å². The predicted octanol–water partition coefficient (Wildman–Crippen LogP) is 5.35. The van der Waals surface area contributed by atoms with E-state index < -0.39 is 10.0 Å². The number of nitrogens with zero attached hydrogens (tertiary/aromatic N) is 3. The Morgan fingerprint density at radius 3 is 2.30 bits per heavy atom. The standard InChI is InChI=1S/C28H29Cl2N3O3S/c1-22-9-12-25(13-10-22)37(35,36)33(27-20-24(29)11-14-26(27)30)21-28(34)32-18-16-31(17-19-32)15-5-8-23-6-3-2-4-7-23/h2-14,20H,15-19,21H2,1H3/b8-5+. The molecule has 0 unspecified atom stereocenters. The van der Waals surface area contributed by atoms with E-state index in [9.17, 15) is 13.2 Å². The fourth-order valence-electron chi connectivity index (χ4n) is 4.12. The Hall–Kier alpha value is -2.84. The highest BCUT2D eigenvalue weighted by Crippen LogP contribution is 2.33. The third-order valence-electron chi connectivity index (χ3n) is 6.26. The van der Waals surface area contributed by atoms with E-state index in [-0.39, 0.29) is 28.1 Å². The van der Waals surface area contributed by atoms with Crippen LogP contribution < -0.4 is 4.31 Å². The molecule has 6 nitrogen and oxygen atoms in total. The van der Waals surface area contributed by atoms with Crippen LogP contribution in [0.2, 0.25) is 10.0 Å². The number of carbonyl (C=O) groups excluding carboxylic acids is 1. The lowest BCUT2D eigenvalue weighted by Gasteiger charge is -2.35. The largest absolute Gasteiger partial charge is 0.339 e. The lowest BCUT2D eigenvalue weighted by atomic mass is 10.2. The first-order valence-electron chi connectivity index (χ1n) is 12.0. The van der Waals surface area contributed by atoms with Crippen LogP contribution >= 0.6 is 23.2 Å². The van der Waals surface area contributed by atoms with E-state index >= 15 is 0 Å². The van der Waals surface area contributed by atoms with Crippen molar-refractivity contribution in [3.8, 4) is 0 Å². The van der Waals surface area contributed by atoms with Crippen LogP contribution in [0, 0.1) is 6.92 Å². The van der Waals surface area contributed by atoms with Crippen LogP contribution in [-0.4, -0.2) is 63.4 Å². The zero-order valence-corrected chi connectivity index (χ0v) is 22.9. The molecule has 1 aliphatic rings. The molecule has 3 aromatic carbocycles.